The summed E-state index contributed by atoms with van der Waals surface area (Å²) in [6, 6.07) is 7.66. The van der Waals surface area contributed by atoms with Crippen LogP contribution in [-0.4, -0.2) is 61.2 Å². The number of thioether (sulfide) groups is 1. The van der Waals surface area contributed by atoms with Crippen molar-refractivity contribution in [3.05, 3.63) is 24.3 Å². The van der Waals surface area contributed by atoms with E-state index in [-0.39, 0.29) is 12.5 Å². The smallest absolute Gasteiger partial charge is 0.260 e. The first kappa shape index (κ1) is 18.4. The molecule has 2 atom stereocenters. The zero-order valence-corrected chi connectivity index (χ0v) is 15.7. The predicted molar refractivity (Wildman–Crippen MR) is 102 cm³/mol. The number of amides is 1. The van der Waals surface area contributed by atoms with Crippen molar-refractivity contribution in [2.24, 2.45) is 0 Å². The molecule has 0 aliphatic carbocycles. The molecule has 1 N–H and O–H groups in total. The van der Waals surface area contributed by atoms with Crippen LogP contribution in [0.1, 0.15) is 25.7 Å². The number of ether oxygens (including phenoxy) is 2. The topological polar surface area (TPSA) is 50.8 Å². The second-order valence-corrected chi connectivity index (χ2v) is 8.05. The van der Waals surface area contributed by atoms with E-state index in [4.69, 9.17) is 9.47 Å². The van der Waals surface area contributed by atoms with Crippen LogP contribution < -0.4 is 14.8 Å². The summed E-state index contributed by atoms with van der Waals surface area (Å²) in [7, 11) is 1.64. The third-order valence-electron chi connectivity index (χ3n) is 4.88. The molecule has 5 nitrogen and oxygen atoms in total. The third-order valence-corrected chi connectivity index (χ3v) is 6.26. The lowest BCUT2D eigenvalue weighted by Crippen LogP contribution is -2.51. The highest BCUT2D eigenvalue weighted by molar-refractivity contribution is 8.00. The predicted octanol–water partition coefficient (Wildman–Crippen LogP) is 2.55. The van der Waals surface area contributed by atoms with Crippen molar-refractivity contribution in [3.63, 3.8) is 0 Å². The number of hydrogen-bond acceptors (Lipinski definition) is 5. The number of benzene rings is 1. The molecule has 0 bridgehead atoms. The van der Waals surface area contributed by atoms with E-state index >= 15 is 0 Å². The Balaban J connectivity index is 1.58. The van der Waals surface area contributed by atoms with Crippen LogP contribution in [0.5, 0.6) is 11.5 Å². The molecule has 1 aromatic carbocycles. The van der Waals surface area contributed by atoms with E-state index in [0.717, 1.165) is 38.2 Å². The largest absolute Gasteiger partial charge is 0.497 e. The van der Waals surface area contributed by atoms with E-state index in [1.54, 1.807) is 7.11 Å². The molecule has 0 radical (unpaired) electrons. The quantitative estimate of drug-likeness (QED) is 0.806. The molecule has 6 heteroatoms. The Labute approximate surface area is 154 Å². The van der Waals surface area contributed by atoms with Gasteiger partial charge in [-0.25, -0.2) is 0 Å². The number of rotatable bonds is 7. The van der Waals surface area contributed by atoms with E-state index in [1.165, 1.54) is 18.6 Å². The number of hydrogen-bond donors (Lipinski definition) is 1. The van der Waals surface area contributed by atoms with E-state index in [1.807, 2.05) is 36.0 Å². The van der Waals surface area contributed by atoms with Gasteiger partial charge in [0.2, 0.25) is 0 Å². The van der Waals surface area contributed by atoms with Gasteiger partial charge in [0.05, 0.1) is 7.11 Å². The van der Waals surface area contributed by atoms with Crippen LogP contribution in [0.3, 0.4) is 0 Å². The summed E-state index contributed by atoms with van der Waals surface area (Å²) in [5, 5.41) is 4.00. The minimum absolute atomic E-state index is 0.0945. The van der Waals surface area contributed by atoms with E-state index in [0.29, 0.717) is 17.0 Å². The maximum atomic E-state index is 12.9. The van der Waals surface area contributed by atoms with E-state index in [9.17, 15) is 4.79 Å². The van der Waals surface area contributed by atoms with Gasteiger partial charge in [0, 0.05) is 24.4 Å². The Morgan fingerprint density at radius 3 is 2.68 bits per heavy atom. The number of methoxy groups -OCH3 is 1. The maximum Gasteiger partial charge on any atom is 0.260 e. The first-order chi connectivity index (χ1) is 12.3. The van der Waals surface area contributed by atoms with Crippen LogP contribution in [0, 0.1) is 0 Å². The van der Waals surface area contributed by atoms with Gasteiger partial charge in [0.1, 0.15) is 11.5 Å². The molecule has 0 spiro atoms. The molecule has 138 valence electrons. The van der Waals surface area contributed by atoms with Crippen molar-refractivity contribution in [2.45, 2.75) is 37.0 Å². The summed E-state index contributed by atoms with van der Waals surface area (Å²) in [5.41, 5.74) is 0. The molecule has 2 fully saturated rings. The standard InChI is InChI=1S/C19H28N2O3S/c1-23-16-6-8-17(9-7-16)24-14-19(22)21(13-18-5-3-11-25-18)15-4-2-10-20-12-15/h6-9,15,18,20H,2-5,10-14H2,1H3. The molecule has 2 unspecified atom stereocenters. The molecule has 2 aliphatic rings. The Bertz CT molecular complexity index is 540. The van der Waals surface area contributed by atoms with Gasteiger partial charge in [0.15, 0.2) is 6.61 Å². The molecule has 2 aliphatic heterocycles. The van der Waals surface area contributed by atoms with Gasteiger partial charge in [-0.05, 0) is 62.2 Å². The molecule has 3 rings (SSSR count). The minimum Gasteiger partial charge on any atom is -0.497 e. The second kappa shape index (κ2) is 9.34. The molecular formula is C19H28N2O3S. The molecule has 0 aromatic heterocycles. The SMILES string of the molecule is COc1ccc(OCC(=O)N(CC2CCCS2)C2CCCNC2)cc1. The first-order valence-corrected chi connectivity index (χ1v) is 10.2. The molecule has 1 aromatic rings. The number of carbonyl (C=O) groups excluding carboxylic acids is 1. The summed E-state index contributed by atoms with van der Waals surface area (Å²) in [5.74, 6) is 2.80. The Kier molecular flexibility index (Phi) is 6.87. The number of carbonyl (C=O) groups is 1. The number of nitrogens with zero attached hydrogens (tertiary/aromatic N) is 1. The van der Waals surface area contributed by atoms with E-state index < -0.39 is 0 Å². The average Bonchev–Trinajstić information content (AvgIpc) is 3.18. The fraction of sp³-hybridized carbons (Fsp3) is 0.632. The van der Waals surface area contributed by atoms with Crippen LogP contribution in [0.2, 0.25) is 0 Å². The summed E-state index contributed by atoms with van der Waals surface area (Å²) in [6.07, 6.45) is 4.70. The second-order valence-electron chi connectivity index (χ2n) is 6.65. The molecule has 25 heavy (non-hydrogen) atoms. The molecule has 2 heterocycles. The Morgan fingerprint density at radius 2 is 2.04 bits per heavy atom. The summed E-state index contributed by atoms with van der Waals surface area (Å²) in [6.45, 7) is 2.90. The fourth-order valence-electron chi connectivity index (χ4n) is 3.46. The average molecular weight is 365 g/mol. The van der Waals surface area contributed by atoms with Crippen LogP contribution in [0.25, 0.3) is 0 Å². The lowest BCUT2D eigenvalue weighted by Gasteiger charge is -2.36. The van der Waals surface area contributed by atoms with Gasteiger partial charge in [0.25, 0.3) is 5.91 Å². The van der Waals surface area contributed by atoms with Crippen molar-refractivity contribution in [2.75, 3.05) is 39.1 Å². The minimum atomic E-state index is 0.0945. The van der Waals surface area contributed by atoms with Crippen molar-refractivity contribution >= 4 is 17.7 Å². The van der Waals surface area contributed by atoms with Gasteiger partial charge in [-0.3, -0.25) is 4.79 Å². The van der Waals surface area contributed by atoms with Gasteiger partial charge < -0.3 is 19.7 Å². The summed E-state index contributed by atoms with van der Waals surface area (Å²) in [4.78, 5) is 14.9. The van der Waals surface area contributed by atoms with Crippen molar-refractivity contribution in [1.29, 1.82) is 0 Å². The fourth-order valence-corrected chi connectivity index (χ4v) is 4.73. The normalized spacial score (nSPS) is 23.2. The molecule has 2 saturated heterocycles. The lowest BCUT2D eigenvalue weighted by molar-refractivity contribution is -0.136. The van der Waals surface area contributed by atoms with Gasteiger partial charge in [-0.15, -0.1) is 0 Å². The van der Waals surface area contributed by atoms with E-state index in [2.05, 4.69) is 10.2 Å². The monoisotopic (exact) mass is 364 g/mol. The zero-order valence-electron chi connectivity index (χ0n) is 14.9. The summed E-state index contributed by atoms with van der Waals surface area (Å²) >= 11 is 2.00. The van der Waals surface area contributed by atoms with Crippen LogP contribution >= 0.6 is 11.8 Å². The maximum absolute atomic E-state index is 12.9. The first-order valence-electron chi connectivity index (χ1n) is 9.15. The molecule has 0 saturated carbocycles. The summed E-state index contributed by atoms with van der Waals surface area (Å²) < 4.78 is 10.9. The lowest BCUT2D eigenvalue weighted by atomic mass is 10.0. The highest BCUT2D eigenvalue weighted by Crippen LogP contribution is 2.28. The van der Waals surface area contributed by atoms with Gasteiger partial charge in [-0.2, -0.15) is 11.8 Å². The number of nitrogens with one attached hydrogen (secondary N) is 1. The van der Waals surface area contributed by atoms with Crippen molar-refractivity contribution in [1.82, 2.24) is 10.2 Å². The van der Waals surface area contributed by atoms with Gasteiger partial charge in [-0.1, -0.05) is 0 Å². The highest BCUT2D eigenvalue weighted by atomic mass is 32.2. The van der Waals surface area contributed by atoms with Crippen LogP contribution in [-0.2, 0) is 4.79 Å². The molecule has 1 amide bonds. The Hall–Kier alpha value is -1.40. The van der Waals surface area contributed by atoms with Gasteiger partial charge >= 0.3 is 0 Å². The highest BCUT2D eigenvalue weighted by Gasteiger charge is 2.29. The molecular weight excluding hydrogens is 336 g/mol. The van der Waals surface area contributed by atoms with Crippen LogP contribution in [0.4, 0.5) is 0 Å². The number of piperidine rings is 1. The van der Waals surface area contributed by atoms with Crippen LogP contribution in [0.15, 0.2) is 24.3 Å². The van der Waals surface area contributed by atoms with Crippen molar-refractivity contribution < 1.29 is 14.3 Å². The zero-order chi connectivity index (χ0) is 17.5. The third kappa shape index (κ3) is 5.28. The van der Waals surface area contributed by atoms with Crippen molar-refractivity contribution in [3.8, 4) is 11.5 Å². The Morgan fingerprint density at radius 1 is 1.24 bits per heavy atom.